The zero-order valence-electron chi connectivity index (χ0n) is 15.0. The molecular weight excluding hydrogens is 408 g/mol. The van der Waals surface area contributed by atoms with Crippen molar-refractivity contribution in [2.75, 3.05) is 23.3 Å². The van der Waals surface area contributed by atoms with Crippen LogP contribution in [0.25, 0.3) is 0 Å². The summed E-state index contributed by atoms with van der Waals surface area (Å²) in [6.07, 6.45) is 5.30. The number of carbonyl (C=O) groups is 1. The van der Waals surface area contributed by atoms with Gasteiger partial charge in [0.2, 0.25) is 11.9 Å². The standard InChI is InChI=1S/C20H21BrN4O2/c21-12-5-6-14-16(11-12)22-18(27)20(14)7-9-25(10-8-20)19-23-15-4-2-1-3-13(15)17(26)24-19/h5-6,11H,1-4,7-10H2,(H,22,27)(H,23,24,26). The van der Waals surface area contributed by atoms with Gasteiger partial charge in [0, 0.05) is 28.8 Å². The number of hydrogen-bond donors (Lipinski definition) is 2. The Balaban J connectivity index is 1.42. The van der Waals surface area contributed by atoms with Crippen LogP contribution in [0.4, 0.5) is 11.6 Å². The molecule has 2 N–H and O–H groups in total. The fourth-order valence-electron chi connectivity index (χ4n) is 4.74. The largest absolute Gasteiger partial charge is 0.342 e. The molecule has 1 saturated heterocycles. The van der Waals surface area contributed by atoms with Gasteiger partial charge in [-0.05, 0) is 56.2 Å². The number of aromatic nitrogens is 2. The lowest BCUT2D eigenvalue weighted by Gasteiger charge is -2.38. The maximum absolute atomic E-state index is 12.8. The molecule has 0 atom stereocenters. The lowest BCUT2D eigenvalue weighted by atomic mass is 9.74. The van der Waals surface area contributed by atoms with E-state index in [-0.39, 0.29) is 11.5 Å². The number of aromatic amines is 1. The Morgan fingerprint density at radius 1 is 1.11 bits per heavy atom. The molecule has 6 nitrogen and oxygen atoms in total. The van der Waals surface area contributed by atoms with E-state index in [0.29, 0.717) is 31.9 Å². The van der Waals surface area contributed by atoms with Crippen LogP contribution < -0.4 is 15.8 Å². The number of anilines is 2. The molecule has 1 aromatic heterocycles. The van der Waals surface area contributed by atoms with Gasteiger partial charge in [-0.1, -0.05) is 22.0 Å². The molecule has 1 spiro atoms. The number of halogens is 1. The third kappa shape index (κ3) is 2.63. The number of hydrogen-bond acceptors (Lipinski definition) is 4. The fourth-order valence-corrected chi connectivity index (χ4v) is 5.10. The maximum atomic E-state index is 12.8. The summed E-state index contributed by atoms with van der Waals surface area (Å²) in [7, 11) is 0. The highest BCUT2D eigenvalue weighted by molar-refractivity contribution is 9.10. The molecule has 2 aromatic rings. The molecule has 0 radical (unpaired) electrons. The van der Waals surface area contributed by atoms with E-state index in [4.69, 9.17) is 4.98 Å². The highest BCUT2D eigenvalue weighted by Gasteiger charge is 2.48. The van der Waals surface area contributed by atoms with E-state index in [9.17, 15) is 9.59 Å². The molecular formula is C20H21BrN4O2. The first-order chi connectivity index (χ1) is 13.1. The normalized spacial score (nSPS) is 20.3. The summed E-state index contributed by atoms with van der Waals surface area (Å²) < 4.78 is 0.965. The van der Waals surface area contributed by atoms with Crippen molar-refractivity contribution in [3.8, 4) is 0 Å². The van der Waals surface area contributed by atoms with Crippen molar-refractivity contribution < 1.29 is 4.79 Å². The molecule has 140 valence electrons. The zero-order valence-corrected chi connectivity index (χ0v) is 16.6. The zero-order chi connectivity index (χ0) is 18.6. The summed E-state index contributed by atoms with van der Waals surface area (Å²) in [5.74, 6) is 0.743. The van der Waals surface area contributed by atoms with E-state index in [1.54, 1.807) is 0 Å². The van der Waals surface area contributed by atoms with Gasteiger partial charge in [0.15, 0.2) is 0 Å². The number of rotatable bonds is 1. The number of carbonyl (C=O) groups excluding carboxylic acids is 1. The lowest BCUT2D eigenvalue weighted by molar-refractivity contribution is -0.121. The van der Waals surface area contributed by atoms with E-state index in [2.05, 4.69) is 31.1 Å². The first-order valence-electron chi connectivity index (χ1n) is 9.55. The Labute approximate surface area is 165 Å². The van der Waals surface area contributed by atoms with Crippen LogP contribution in [0.3, 0.4) is 0 Å². The second-order valence-corrected chi connectivity index (χ2v) is 8.65. The van der Waals surface area contributed by atoms with Crippen molar-refractivity contribution in [2.45, 2.75) is 43.9 Å². The molecule has 1 amide bonds. The van der Waals surface area contributed by atoms with Crippen LogP contribution in [0.5, 0.6) is 0 Å². The number of H-pyrrole nitrogens is 1. The van der Waals surface area contributed by atoms with Crippen LogP contribution in [0.2, 0.25) is 0 Å². The van der Waals surface area contributed by atoms with Gasteiger partial charge in [0.25, 0.3) is 5.56 Å². The third-order valence-corrected chi connectivity index (χ3v) is 6.77. The molecule has 0 bridgehead atoms. The van der Waals surface area contributed by atoms with Crippen molar-refractivity contribution in [1.82, 2.24) is 9.97 Å². The third-order valence-electron chi connectivity index (χ3n) is 6.28. The van der Waals surface area contributed by atoms with Crippen molar-refractivity contribution in [1.29, 1.82) is 0 Å². The van der Waals surface area contributed by atoms with Crippen molar-refractivity contribution in [3.05, 3.63) is 49.8 Å². The summed E-state index contributed by atoms with van der Waals surface area (Å²) in [5, 5.41) is 3.04. The van der Waals surface area contributed by atoms with Crippen molar-refractivity contribution >= 4 is 33.5 Å². The topological polar surface area (TPSA) is 78.1 Å². The van der Waals surface area contributed by atoms with Gasteiger partial charge in [-0.25, -0.2) is 4.98 Å². The Bertz CT molecular complexity index is 992. The SMILES string of the molecule is O=C1Nc2cc(Br)ccc2C12CCN(c1nc3c(c(=O)[nH]1)CCCC3)CC2. The quantitative estimate of drug-likeness (QED) is 0.731. The lowest BCUT2D eigenvalue weighted by Crippen LogP contribution is -2.47. The number of piperidine rings is 1. The smallest absolute Gasteiger partial charge is 0.255 e. The van der Waals surface area contributed by atoms with Crippen LogP contribution in [0.15, 0.2) is 27.5 Å². The average Bonchev–Trinajstić information content (AvgIpc) is 2.93. The number of nitrogens with zero attached hydrogens (tertiary/aromatic N) is 2. The number of amides is 1. The molecule has 7 heteroatoms. The number of nitrogens with one attached hydrogen (secondary N) is 2. The van der Waals surface area contributed by atoms with Crippen LogP contribution in [-0.2, 0) is 23.1 Å². The summed E-state index contributed by atoms with van der Waals surface area (Å²) in [5.41, 5.74) is 3.33. The predicted molar refractivity (Wildman–Crippen MR) is 107 cm³/mol. The Kier molecular flexibility index (Phi) is 3.89. The van der Waals surface area contributed by atoms with E-state index in [1.165, 1.54) is 0 Å². The molecule has 3 aliphatic rings. The number of fused-ring (bicyclic) bond motifs is 3. The Hall–Kier alpha value is -2.15. The monoisotopic (exact) mass is 428 g/mol. The summed E-state index contributed by atoms with van der Waals surface area (Å²) in [6.45, 7) is 1.40. The van der Waals surface area contributed by atoms with Gasteiger partial charge < -0.3 is 10.2 Å². The summed E-state index contributed by atoms with van der Waals surface area (Å²) >= 11 is 3.47. The van der Waals surface area contributed by atoms with Crippen LogP contribution in [0, 0.1) is 0 Å². The highest BCUT2D eigenvalue weighted by Crippen LogP contribution is 2.46. The van der Waals surface area contributed by atoms with Gasteiger partial charge in [-0.3, -0.25) is 14.6 Å². The van der Waals surface area contributed by atoms with Crippen molar-refractivity contribution in [3.63, 3.8) is 0 Å². The van der Waals surface area contributed by atoms with Gasteiger partial charge in [-0.15, -0.1) is 0 Å². The van der Waals surface area contributed by atoms with E-state index < -0.39 is 5.41 Å². The predicted octanol–water partition coefficient (Wildman–Crippen LogP) is 2.90. The minimum absolute atomic E-state index is 0.00351. The van der Waals surface area contributed by atoms with E-state index in [0.717, 1.165) is 52.7 Å². The molecule has 1 aromatic carbocycles. The molecule has 2 aliphatic heterocycles. The van der Waals surface area contributed by atoms with Crippen LogP contribution >= 0.6 is 15.9 Å². The van der Waals surface area contributed by atoms with Gasteiger partial charge in [0.1, 0.15) is 0 Å². The van der Waals surface area contributed by atoms with Crippen LogP contribution in [-0.4, -0.2) is 29.0 Å². The molecule has 3 heterocycles. The first kappa shape index (κ1) is 17.0. The first-order valence-corrected chi connectivity index (χ1v) is 10.3. The summed E-state index contributed by atoms with van der Waals surface area (Å²) in [6, 6.07) is 6.01. The van der Waals surface area contributed by atoms with Crippen LogP contribution in [0.1, 0.15) is 42.5 Å². The summed E-state index contributed by atoms with van der Waals surface area (Å²) in [4.78, 5) is 35.1. The Morgan fingerprint density at radius 3 is 2.70 bits per heavy atom. The molecule has 0 unspecified atom stereocenters. The Morgan fingerprint density at radius 2 is 1.89 bits per heavy atom. The van der Waals surface area contributed by atoms with Gasteiger partial charge in [-0.2, -0.15) is 0 Å². The molecule has 5 rings (SSSR count). The minimum atomic E-state index is -0.471. The molecule has 1 fully saturated rings. The molecule has 1 aliphatic carbocycles. The minimum Gasteiger partial charge on any atom is -0.342 e. The fraction of sp³-hybridized carbons (Fsp3) is 0.450. The van der Waals surface area contributed by atoms with Crippen molar-refractivity contribution in [2.24, 2.45) is 0 Å². The van der Waals surface area contributed by atoms with Gasteiger partial charge in [0.05, 0.1) is 11.1 Å². The van der Waals surface area contributed by atoms with E-state index in [1.807, 2.05) is 18.2 Å². The van der Waals surface area contributed by atoms with Gasteiger partial charge >= 0.3 is 0 Å². The second kappa shape index (κ2) is 6.19. The average molecular weight is 429 g/mol. The second-order valence-electron chi connectivity index (χ2n) is 7.74. The highest BCUT2D eigenvalue weighted by atomic mass is 79.9. The molecule has 0 saturated carbocycles. The number of benzene rings is 1. The van der Waals surface area contributed by atoms with E-state index >= 15 is 0 Å². The maximum Gasteiger partial charge on any atom is 0.255 e. The molecule has 27 heavy (non-hydrogen) atoms. The number of aryl methyl sites for hydroxylation is 1.